The second-order valence-electron chi connectivity index (χ2n) is 7.65. The van der Waals surface area contributed by atoms with Crippen molar-refractivity contribution in [2.45, 2.75) is 19.8 Å². The van der Waals surface area contributed by atoms with Gasteiger partial charge in [0.1, 0.15) is 5.82 Å². The minimum Gasteiger partial charge on any atom is -0.367 e. The summed E-state index contributed by atoms with van der Waals surface area (Å²) >= 11 is 0. The van der Waals surface area contributed by atoms with Crippen molar-refractivity contribution < 1.29 is 0 Å². The van der Waals surface area contributed by atoms with E-state index in [-0.39, 0.29) is 0 Å². The third kappa shape index (κ3) is 5.79. The Labute approximate surface area is 162 Å². The molecule has 1 aliphatic rings. The van der Waals surface area contributed by atoms with Crippen molar-refractivity contribution in [3.63, 3.8) is 0 Å². The van der Waals surface area contributed by atoms with Gasteiger partial charge in [0.25, 0.3) is 0 Å². The van der Waals surface area contributed by atoms with Crippen molar-refractivity contribution in [3.05, 3.63) is 17.7 Å². The largest absolute Gasteiger partial charge is 0.367 e. The summed E-state index contributed by atoms with van der Waals surface area (Å²) in [6.45, 7) is 9.40. The standard InChI is InChI=1S/C19H32N8/c1-15-14-21-19-17(22-15)18(20-7-9-25(2)3)23-16(24-19)6-5-8-27-12-10-26(4)11-13-27/h14H,5-13H2,1-4H3,(H,20,21,23,24). The molecular formula is C19H32N8. The van der Waals surface area contributed by atoms with Crippen molar-refractivity contribution in [2.75, 3.05) is 72.3 Å². The molecule has 8 heteroatoms. The lowest BCUT2D eigenvalue weighted by molar-refractivity contribution is 0.153. The predicted molar refractivity (Wildman–Crippen MR) is 109 cm³/mol. The molecule has 3 rings (SSSR count). The second-order valence-corrected chi connectivity index (χ2v) is 7.65. The summed E-state index contributed by atoms with van der Waals surface area (Å²) in [4.78, 5) is 25.5. The third-order valence-corrected chi connectivity index (χ3v) is 4.90. The van der Waals surface area contributed by atoms with Crippen molar-refractivity contribution in [1.82, 2.24) is 34.6 Å². The summed E-state index contributed by atoms with van der Waals surface area (Å²) in [7, 11) is 6.31. The van der Waals surface area contributed by atoms with Crippen molar-refractivity contribution in [3.8, 4) is 0 Å². The molecule has 3 heterocycles. The molecule has 0 unspecified atom stereocenters. The number of hydrogen-bond donors (Lipinski definition) is 1. The number of nitrogens with zero attached hydrogens (tertiary/aromatic N) is 7. The topological polar surface area (TPSA) is 73.3 Å². The van der Waals surface area contributed by atoms with E-state index in [2.05, 4.69) is 56.1 Å². The van der Waals surface area contributed by atoms with Gasteiger partial charge in [0, 0.05) is 45.7 Å². The molecule has 0 aliphatic carbocycles. The third-order valence-electron chi connectivity index (χ3n) is 4.90. The fourth-order valence-electron chi connectivity index (χ4n) is 3.21. The maximum Gasteiger partial charge on any atom is 0.183 e. The van der Waals surface area contributed by atoms with Crippen LogP contribution in [0.25, 0.3) is 11.2 Å². The Balaban J connectivity index is 1.66. The molecule has 0 spiro atoms. The average Bonchev–Trinajstić information content (AvgIpc) is 2.63. The van der Waals surface area contributed by atoms with Crippen molar-refractivity contribution in [2.24, 2.45) is 0 Å². The van der Waals surface area contributed by atoms with Gasteiger partial charge in [-0.2, -0.15) is 0 Å². The lowest BCUT2D eigenvalue weighted by Gasteiger charge is -2.32. The Bertz CT molecular complexity index is 740. The van der Waals surface area contributed by atoms with Crippen LogP contribution in [0.4, 0.5) is 5.82 Å². The first-order valence-electron chi connectivity index (χ1n) is 9.81. The second kappa shape index (κ2) is 9.34. The van der Waals surface area contributed by atoms with E-state index in [0.29, 0.717) is 5.65 Å². The van der Waals surface area contributed by atoms with Crippen LogP contribution >= 0.6 is 0 Å². The predicted octanol–water partition coefficient (Wildman–Crippen LogP) is 0.882. The van der Waals surface area contributed by atoms with Crippen LogP contribution in [-0.2, 0) is 6.42 Å². The van der Waals surface area contributed by atoms with E-state index in [1.807, 2.05) is 6.92 Å². The number of nitrogens with one attached hydrogen (secondary N) is 1. The molecule has 1 N–H and O–H groups in total. The zero-order valence-electron chi connectivity index (χ0n) is 17.1. The van der Waals surface area contributed by atoms with E-state index in [1.165, 1.54) is 0 Å². The highest BCUT2D eigenvalue weighted by Gasteiger charge is 2.14. The van der Waals surface area contributed by atoms with E-state index >= 15 is 0 Å². The Hall–Kier alpha value is -1.90. The number of fused-ring (bicyclic) bond motifs is 1. The number of anilines is 1. The summed E-state index contributed by atoms with van der Waals surface area (Å²) in [6.07, 6.45) is 3.69. The van der Waals surface area contributed by atoms with Gasteiger partial charge in [-0.15, -0.1) is 0 Å². The summed E-state index contributed by atoms with van der Waals surface area (Å²) in [5.41, 5.74) is 2.32. The zero-order chi connectivity index (χ0) is 19.2. The van der Waals surface area contributed by atoms with Gasteiger partial charge in [0.05, 0.1) is 11.9 Å². The van der Waals surface area contributed by atoms with Crippen LogP contribution in [0.15, 0.2) is 6.20 Å². The number of likely N-dealkylation sites (N-methyl/N-ethyl adjacent to an activating group) is 2. The Kier molecular flexibility index (Phi) is 6.87. The monoisotopic (exact) mass is 372 g/mol. The lowest BCUT2D eigenvalue weighted by atomic mass is 10.2. The minimum atomic E-state index is 0.678. The van der Waals surface area contributed by atoms with Gasteiger partial charge in [-0.1, -0.05) is 0 Å². The zero-order valence-corrected chi connectivity index (χ0v) is 17.1. The first-order valence-corrected chi connectivity index (χ1v) is 9.81. The molecule has 0 radical (unpaired) electrons. The fourth-order valence-corrected chi connectivity index (χ4v) is 3.21. The van der Waals surface area contributed by atoms with Crippen molar-refractivity contribution >= 4 is 17.0 Å². The SMILES string of the molecule is Cc1cnc2nc(CCCN3CCN(C)CC3)nc(NCCN(C)C)c2n1. The molecule has 1 saturated heterocycles. The minimum absolute atomic E-state index is 0.678. The molecular weight excluding hydrogens is 340 g/mol. The number of rotatable bonds is 8. The molecule has 148 valence electrons. The lowest BCUT2D eigenvalue weighted by Crippen LogP contribution is -2.44. The van der Waals surface area contributed by atoms with Crippen LogP contribution in [0.5, 0.6) is 0 Å². The highest BCUT2D eigenvalue weighted by Crippen LogP contribution is 2.17. The fraction of sp³-hybridized carbons (Fsp3) is 0.684. The maximum absolute atomic E-state index is 4.76. The van der Waals surface area contributed by atoms with Crippen molar-refractivity contribution in [1.29, 1.82) is 0 Å². The molecule has 1 aliphatic heterocycles. The first kappa shape index (κ1) is 19.9. The number of hydrogen-bond acceptors (Lipinski definition) is 8. The highest BCUT2D eigenvalue weighted by atomic mass is 15.2. The Morgan fingerprint density at radius 1 is 1.11 bits per heavy atom. The van der Waals surface area contributed by atoms with Crippen LogP contribution in [0.1, 0.15) is 17.9 Å². The molecule has 0 saturated carbocycles. The van der Waals surface area contributed by atoms with Gasteiger partial charge in [-0.05, 0) is 41.0 Å². The van der Waals surface area contributed by atoms with E-state index in [9.17, 15) is 0 Å². The van der Waals surface area contributed by atoms with E-state index in [4.69, 9.17) is 4.98 Å². The Morgan fingerprint density at radius 3 is 2.63 bits per heavy atom. The quantitative estimate of drug-likeness (QED) is 0.732. The summed E-state index contributed by atoms with van der Waals surface area (Å²) < 4.78 is 0. The molecule has 0 amide bonds. The molecule has 2 aromatic heterocycles. The molecule has 0 atom stereocenters. The average molecular weight is 373 g/mol. The maximum atomic E-state index is 4.76. The van der Waals surface area contributed by atoms with E-state index < -0.39 is 0 Å². The van der Waals surface area contributed by atoms with Gasteiger partial charge >= 0.3 is 0 Å². The van der Waals surface area contributed by atoms with Crippen LogP contribution < -0.4 is 5.32 Å². The van der Waals surface area contributed by atoms with Gasteiger partial charge < -0.3 is 20.0 Å². The smallest absolute Gasteiger partial charge is 0.183 e. The first-order chi connectivity index (χ1) is 13.0. The van der Waals surface area contributed by atoms with E-state index in [0.717, 1.165) is 81.5 Å². The van der Waals surface area contributed by atoms with Gasteiger partial charge in [-0.25, -0.2) is 19.9 Å². The normalized spacial score (nSPS) is 16.3. The van der Waals surface area contributed by atoms with Crippen LogP contribution in [0.3, 0.4) is 0 Å². The van der Waals surface area contributed by atoms with Gasteiger partial charge in [-0.3, -0.25) is 0 Å². The summed E-state index contributed by atoms with van der Waals surface area (Å²) in [5.74, 6) is 1.65. The number of aryl methyl sites for hydroxylation is 2. The Morgan fingerprint density at radius 2 is 1.89 bits per heavy atom. The van der Waals surface area contributed by atoms with Gasteiger partial charge in [0.2, 0.25) is 0 Å². The number of aromatic nitrogens is 4. The van der Waals surface area contributed by atoms with Gasteiger partial charge in [0.15, 0.2) is 17.0 Å². The van der Waals surface area contributed by atoms with E-state index in [1.54, 1.807) is 6.20 Å². The molecule has 27 heavy (non-hydrogen) atoms. The van der Waals surface area contributed by atoms with Crippen LogP contribution in [-0.4, -0.2) is 102 Å². The number of piperazine rings is 1. The van der Waals surface area contributed by atoms with Crippen LogP contribution in [0.2, 0.25) is 0 Å². The summed E-state index contributed by atoms with van der Waals surface area (Å²) in [6, 6.07) is 0. The molecule has 8 nitrogen and oxygen atoms in total. The molecule has 0 aromatic carbocycles. The summed E-state index contributed by atoms with van der Waals surface area (Å²) in [5, 5.41) is 3.42. The highest BCUT2D eigenvalue weighted by molar-refractivity contribution is 5.82. The molecule has 0 bridgehead atoms. The van der Waals surface area contributed by atoms with Crippen LogP contribution in [0, 0.1) is 6.92 Å². The molecule has 1 fully saturated rings. The molecule has 2 aromatic rings.